The Kier molecular flexibility index (Phi) is 19.2. The van der Waals surface area contributed by atoms with Crippen molar-refractivity contribution in [3.8, 4) is 0 Å². The van der Waals surface area contributed by atoms with Gasteiger partial charge in [0, 0.05) is 13.7 Å². The molecule has 0 aliphatic heterocycles. The summed E-state index contributed by atoms with van der Waals surface area (Å²) in [4.78, 5) is 0. The fraction of sp³-hybridized carbons (Fsp3) is 1.00. The molecule has 0 amide bonds. The van der Waals surface area contributed by atoms with Crippen LogP contribution in [0.5, 0.6) is 0 Å². The van der Waals surface area contributed by atoms with E-state index in [-0.39, 0.29) is 0 Å². The number of rotatable bonds is 19. The zero-order chi connectivity index (χ0) is 17.9. The van der Waals surface area contributed by atoms with Crippen molar-refractivity contribution in [2.75, 3.05) is 20.5 Å². The average molecular weight is 343 g/mol. The first-order valence-electron chi connectivity index (χ1n) is 10.8. The zero-order valence-electron chi connectivity index (χ0n) is 17.3. The SMILES string of the molecule is CCCCCCCCCCCCC(C)CC(C)CCCOCOC. The summed E-state index contributed by atoms with van der Waals surface area (Å²) in [5, 5.41) is 0. The molecule has 0 aliphatic carbocycles. The Bertz CT molecular complexity index is 230. The smallest absolute Gasteiger partial charge is 0.146 e. The summed E-state index contributed by atoms with van der Waals surface area (Å²) in [7, 11) is 1.68. The van der Waals surface area contributed by atoms with Gasteiger partial charge < -0.3 is 9.47 Å². The van der Waals surface area contributed by atoms with E-state index in [1.807, 2.05) is 0 Å². The number of unbranched alkanes of at least 4 members (excludes halogenated alkanes) is 9. The lowest BCUT2D eigenvalue weighted by Crippen LogP contribution is -2.06. The summed E-state index contributed by atoms with van der Waals surface area (Å²) in [5.41, 5.74) is 0. The van der Waals surface area contributed by atoms with Crippen LogP contribution in [-0.2, 0) is 9.47 Å². The molecule has 0 N–H and O–H groups in total. The summed E-state index contributed by atoms with van der Waals surface area (Å²) >= 11 is 0. The molecule has 0 aliphatic rings. The minimum atomic E-state index is 0.434. The van der Waals surface area contributed by atoms with Gasteiger partial charge in [-0.3, -0.25) is 0 Å². The Morgan fingerprint density at radius 2 is 1.17 bits per heavy atom. The highest BCUT2D eigenvalue weighted by Gasteiger charge is 2.08. The fourth-order valence-electron chi connectivity index (χ4n) is 3.58. The Balaban J connectivity index is 3.29. The van der Waals surface area contributed by atoms with Gasteiger partial charge in [-0.05, 0) is 31.1 Å². The molecule has 0 aromatic heterocycles. The number of methoxy groups -OCH3 is 1. The molecule has 2 nitrogen and oxygen atoms in total. The van der Waals surface area contributed by atoms with E-state index in [1.165, 1.54) is 83.5 Å². The van der Waals surface area contributed by atoms with Gasteiger partial charge in [-0.1, -0.05) is 91.4 Å². The van der Waals surface area contributed by atoms with E-state index in [1.54, 1.807) is 7.11 Å². The van der Waals surface area contributed by atoms with Crippen LogP contribution in [0.1, 0.15) is 111 Å². The van der Waals surface area contributed by atoms with Crippen LogP contribution in [0.25, 0.3) is 0 Å². The second kappa shape index (κ2) is 19.2. The van der Waals surface area contributed by atoms with Crippen molar-refractivity contribution in [1.29, 1.82) is 0 Å². The van der Waals surface area contributed by atoms with Gasteiger partial charge in [-0.2, -0.15) is 0 Å². The summed E-state index contributed by atoms with van der Waals surface area (Å²) in [6.45, 7) is 8.39. The summed E-state index contributed by atoms with van der Waals surface area (Å²) < 4.78 is 10.2. The fourth-order valence-corrected chi connectivity index (χ4v) is 3.58. The van der Waals surface area contributed by atoms with E-state index in [9.17, 15) is 0 Å². The maximum absolute atomic E-state index is 5.35. The van der Waals surface area contributed by atoms with Crippen molar-refractivity contribution in [3.63, 3.8) is 0 Å². The topological polar surface area (TPSA) is 18.5 Å². The van der Waals surface area contributed by atoms with Gasteiger partial charge in [0.15, 0.2) is 0 Å². The van der Waals surface area contributed by atoms with Crippen LogP contribution in [0, 0.1) is 11.8 Å². The molecule has 0 radical (unpaired) electrons. The Labute approximate surface area is 153 Å². The monoisotopic (exact) mass is 342 g/mol. The minimum Gasteiger partial charge on any atom is -0.359 e. The lowest BCUT2D eigenvalue weighted by molar-refractivity contribution is -0.0323. The molecule has 0 aromatic carbocycles. The van der Waals surface area contributed by atoms with Crippen molar-refractivity contribution < 1.29 is 9.47 Å². The average Bonchev–Trinajstić information content (AvgIpc) is 2.56. The van der Waals surface area contributed by atoms with Gasteiger partial charge in [0.05, 0.1) is 0 Å². The molecule has 2 unspecified atom stereocenters. The van der Waals surface area contributed by atoms with Crippen LogP contribution < -0.4 is 0 Å². The molecule has 2 heteroatoms. The molecule has 0 spiro atoms. The molecule has 0 fully saturated rings. The van der Waals surface area contributed by atoms with Crippen LogP contribution >= 0.6 is 0 Å². The molecule has 0 saturated heterocycles. The van der Waals surface area contributed by atoms with Gasteiger partial charge in [0.2, 0.25) is 0 Å². The number of hydrogen-bond acceptors (Lipinski definition) is 2. The van der Waals surface area contributed by atoms with E-state index >= 15 is 0 Å². The third-order valence-corrected chi connectivity index (χ3v) is 5.04. The quantitative estimate of drug-likeness (QED) is 0.180. The molecule has 0 rings (SSSR count). The van der Waals surface area contributed by atoms with Crippen molar-refractivity contribution in [2.24, 2.45) is 11.8 Å². The summed E-state index contributed by atoms with van der Waals surface area (Å²) in [5.74, 6) is 1.71. The maximum Gasteiger partial charge on any atom is 0.146 e. The van der Waals surface area contributed by atoms with Crippen molar-refractivity contribution in [3.05, 3.63) is 0 Å². The lowest BCUT2D eigenvalue weighted by atomic mass is 9.90. The number of hydrogen-bond donors (Lipinski definition) is 0. The second-order valence-electron chi connectivity index (χ2n) is 7.87. The molecule has 0 aromatic rings. The molecule has 0 bridgehead atoms. The van der Waals surface area contributed by atoms with E-state index < -0.39 is 0 Å². The van der Waals surface area contributed by atoms with Crippen LogP contribution in [0.4, 0.5) is 0 Å². The van der Waals surface area contributed by atoms with E-state index in [0.29, 0.717) is 6.79 Å². The van der Waals surface area contributed by atoms with Gasteiger partial charge in [-0.25, -0.2) is 0 Å². The molecule has 0 saturated carbocycles. The van der Waals surface area contributed by atoms with E-state index in [0.717, 1.165) is 24.9 Å². The van der Waals surface area contributed by atoms with Gasteiger partial charge in [-0.15, -0.1) is 0 Å². The predicted octanol–water partition coefficient (Wildman–Crippen LogP) is 7.36. The Hall–Kier alpha value is -0.0800. The first kappa shape index (κ1) is 23.9. The molecule has 2 atom stereocenters. The lowest BCUT2D eigenvalue weighted by Gasteiger charge is -2.17. The Morgan fingerprint density at radius 1 is 0.667 bits per heavy atom. The predicted molar refractivity (Wildman–Crippen MR) is 106 cm³/mol. The molecular formula is C22H46O2. The summed E-state index contributed by atoms with van der Waals surface area (Å²) in [6.07, 6.45) is 19.6. The van der Waals surface area contributed by atoms with Crippen LogP contribution in [0.2, 0.25) is 0 Å². The largest absolute Gasteiger partial charge is 0.359 e. The minimum absolute atomic E-state index is 0.434. The number of ether oxygens (including phenoxy) is 2. The molecule has 0 heterocycles. The maximum atomic E-state index is 5.35. The molecule has 146 valence electrons. The van der Waals surface area contributed by atoms with Crippen LogP contribution in [-0.4, -0.2) is 20.5 Å². The Morgan fingerprint density at radius 3 is 1.71 bits per heavy atom. The standard InChI is InChI=1S/C22H46O2/c1-5-6-7-8-9-10-11-12-13-14-16-21(2)19-22(3)17-15-18-24-20-23-4/h21-22H,5-20H2,1-4H3. The van der Waals surface area contributed by atoms with Gasteiger partial charge in [0.1, 0.15) is 6.79 Å². The van der Waals surface area contributed by atoms with E-state index in [4.69, 9.17) is 9.47 Å². The highest BCUT2D eigenvalue weighted by atomic mass is 16.7. The third kappa shape index (κ3) is 18.3. The second-order valence-corrected chi connectivity index (χ2v) is 7.87. The first-order valence-corrected chi connectivity index (χ1v) is 10.8. The van der Waals surface area contributed by atoms with Crippen LogP contribution in [0.15, 0.2) is 0 Å². The third-order valence-electron chi connectivity index (χ3n) is 5.04. The molecular weight excluding hydrogens is 296 g/mol. The van der Waals surface area contributed by atoms with Crippen molar-refractivity contribution in [1.82, 2.24) is 0 Å². The normalized spacial score (nSPS) is 14.0. The first-order chi connectivity index (χ1) is 11.7. The highest BCUT2D eigenvalue weighted by Crippen LogP contribution is 2.22. The van der Waals surface area contributed by atoms with Crippen molar-refractivity contribution in [2.45, 2.75) is 111 Å². The zero-order valence-corrected chi connectivity index (χ0v) is 17.3. The van der Waals surface area contributed by atoms with Gasteiger partial charge >= 0.3 is 0 Å². The highest BCUT2D eigenvalue weighted by molar-refractivity contribution is 4.61. The summed E-state index contributed by atoms with van der Waals surface area (Å²) in [6, 6.07) is 0. The molecule has 24 heavy (non-hydrogen) atoms. The van der Waals surface area contributed by atoms with Crippen LogP contribution in [0.3, 0.4) is 0 Å². The van der Waals surface area contributed by atoms with Crippen molar-refractivity contribution >= 4 is 0 Å². The van der Waals surface area contributed by atoms with Gasteiger partial charge in [0.25, 0.3) is 0 Å². The van der Waals surface area contributed by atoms with E-state index in [2.05, 4.69) is 20.8 Å².